The molecular formula is C28H38NO4S+. The molecule has 0 radical (unpaired) electrons. The van der Waals surface area contributed by atoms with Crippen LogP contribution in [0.3, 0.4) is 0 Å². The number of aryl methyl sites for hydroxylation is 1. The van der Waals surface area contributed by atoms with Gasteiger partial charge in [0.15, 0.2) is 11.7 Å². The Hall–Kier alpha value is -1.89. The summed E-state index contributed by atoms with van der Waals surface area (Å²) in [5.41, 5.74) is -0.286. The quantitative estimate of drug-likeness (QED) is 0.307. The second kappa shape index (κ2) is 10.00. The van der Waals surface area contributed by atoms with Gasteiger partial charge >= 0.3 is 5.97 Å². The Labute approximate surface area is 207 Å². The van der Waals surface area contributed by atoms with E-state index in [0.717, 1.165) is 86.2 Å². The van der Waals surface area contributed by atoms with Crippen LogP contribution in [0.15, 0.2) is 41.8 Å². The molecule has 1 aliphatic carbocycles. The number of benzene rings is 1. The highest BCUT2D eigenvalue weighted by atomic mass is 32.1. The molecule has 0 amide bonds. The fourth-order valence-corrected chi connectivity index (χ4v) is 7.39. The summed E-state index contributed by atoms with van der Waals surface area (Å²) >= 11 is 1.47. The molecule has 1 aromatic carbocycles. The molecule has 3 aliphatic heterocycles. The van der Waals surface area contributed by atoms with Gasteiger partial charge in [0.05, 0.1) is 26.2 Å². The van der Waals surface area contributed by atoms with Crippen LogP contribution in [0.25, 0.3) is 0 Å². The largest absolute Gasteiger partial charge is 0.493 e. The first-order valence-electron chi connectivity index (χ1n) is 13.0. The van der Waals surface area contributed by atoms with E-state index in [1.54, 1.807) is 0 Å². The van der Waals surface area contributed by atoms with E-state index >= 15 is 0 Å². The van der Waals surface area contributed by atoms with Crippen molar-refractivity contribution in [3.63, 3.8) is 0 Å². The van der Waals surface area contributed by atoms with Gasteiger partial charge in [0, 0.05) is 36.0 Å². The summed E-state index contributed by atoms with van der Waals surface area (Å²) in [6.07, 6.45) is 7.00. The number of esters is 1. The Morgan fingerprint density at radius 3 is 2.65 bits per heavy atom. The van der Waals surface area contributed by atoms with Gasteiger partial charge in [-0.25, -0.2) is 4.79 Å². The van der Waals surface area contributed by atoms with Gasteiger partial charge in [-0.2, -0.15) is 0 Å². The summed E-state index contributed by atoms with van der Waals surface area (Å²) in [7, 11) is 0. The third-order valence-corrected chi connectivity index (χ3v) is 9.48. The average molecular weight is 485 g/mol. The molecule has 4 heterocycles. The number of carbonyl (C=O) groups is 1. The van der Waals surface area contributed by atoms with Crippen molar-refractivity contribution in [3.05, 3.63) is 52.2 Å². The standard InChI is InChI=1S/C28H38NO4S/c1-21-7-4-10-24(19-21)32-17-6-14-29-15-12-22(13-16-29)25(20-29)33-27(30)28(31,23-8-2-3-9-23)26-11-5-18-34-26/h4-5,7,10-11,18-19,22-23,25,31H,2-3,6,8-9,12-17,20H2,1H3/q+1/t22?,25-,28+,29?/m0/s1. The molecule has 0 unspecified atom stereocenters. The number of fused-ring (bicyclic) bond motifs is 3. The van der Waals surface area contributed by atoms with Crippen molar-refractivity contribution in [2.75, 3.05) is 32.8 Å². The predicted molar refractivity (Wildman–Crippen MR) is 134 cm³/mol. The van der Waals surface area contributed by atoms with Crippen LogP contribution in [-0.4, -0.2) is 54.4 Å². The van der Waals surface area contributed by atoms with Crippen LogP contribution < -0.4 is 4.74 Å². The summed E-state index contributed by atoms with van der Waals surface area (Å²) in [6.45, 7) is 7.01. The molecular weight excluding hydrogens is 446 g/mol. The molecule has 1 saturated carbocycles. The predicted octanol–water partition coefficient (Wildman–Crippen LogP) is 5.06. The van der Waals surface area contributed by atoms with Gasteiger partial charge < -0.3 is 19.1 Å². The minimum Gasteiger partial charge on any atom is -0.493 e. The first-order chi connectivity index (χ1) is 16.5. The van der Waals surface area contributed by atoms with Crippen LogP contribution in [-0.2, 0) is 15.1 Å². The molecule has 34 heavy (non-hydrogen) atoms. The first-order valence-corrected chi connectivity index (χ1v) is 13.9. The third kappa shape index (κ3) is 4.77. The van der Waals surface area contributed by atoms with E-state index < -0.39 is 11.6 Å². The van der Waals surface area contributed by atoms with E-state index in [2.05, 4.69) is 19.1 Å². The minimum atomic E-state index is -1.50. The minimum absolute atomic E-state index is 0.0401. The highest BCUT2D eigenvalue weighted by molar-refractivity contribution is 7.10. The van der Waals surface area contributed by atoms with E-state index in [0.29, 0.717) is 12.5 Å². The molecule has 1 aromatic heterocycles. The van der Waals surface area contributed by atoms with E-state index in [1.807, 2.05) is 29.6 Å². The van der Waals surface area contributed by atoms with Gasteiger partial charge in [-0.15, -0.1) is 11.3 Å². The highest BCUT2D eigenvalue weighted by Crippen LogP contribution is 2.44. The van der Waals surface area contributed by atoms with Crippen molar-refractivity contribution in [2.24, 2.45) is 11.8 Å². The Balaban J connectivity index is 1.21. The molecule has 6 rings (SSSR count). The molecule has 2 bridgehead atoms. The van der Waals surface area contributed by atoms with Gasteiger partial charge in [0.2, 0.25) is 0 Å². The number of ether oxygens (including phenoxy) is 2. The molecule has 2 aromatic rings. The SMILES string of the molecule is Cc1cccc(OCCC[N+]23CCC(CC2)[C@@H](OC(=O)[C@](O)(c2cccs2)C2CCCC2)C3)c1. The van der Waals surface area contributed by atoms with Crippen LogP contribution in [0, 0.1) is 18.8 Å². The fourth-order valence-electron chi connectivity index (χ4n) is 6.50. The molecule has 4 fully saturated rings. The molecule has 2 atom stereocenters. The van der Waals surface area contributed by atoms with Gasteiger partial charge in [-0.1, -0.05) is 31.0 Å². The van der Waals surface area contributed by atoms with Crippen molar-refractivity contribution >= 4 is 17.3 Å². The number of carbonyl (C=O) groups excluding carboxylic acids is 1. The molecule has 6 heteroatoms. The van der Waals surface area contributed by atoms with Crippen molar-refractivity contribution in [2.45, 2.75) is 63.6 Å². The lowest BCUT2D eigenvalue weighted by atomic mass is 9.82. The summed E-state index contributed by atoms with van der Waals surface area (Å²) in [4.78, 5) is 14.3. The van der Waals surface area contributed by atoms with E-state index in [9.17, 15) is 9.90 Å². The monoisotopic (exact) mass is 484 g/mol. The van der Waals surface area contributed by atoms with E-state index in [4.69, 9.17) is 9.47 Å². The number of thiophene rings is 1. The van der Waals surface area contributed by atoms with Crippen molar-refractivity contribution in [1.29, 1.82) is 0 Å². The zero-order valence-electron chi connectivity index (χ0n) is 20.3. The van der Waals surface area contributed by atoms with Crippen LogP contribution in [0.1, 0.15) is 55.4 Å². The second-order valence-corrected chi connectivity index (χ2v) is 11.7. The van der Waals surface area contributed by atoms with Crippen LogP contribution >= 0.6 is 11.3 Å². The lowest BCUT2D eigenvalue weighted by Gasteiger charge is -2.52. The van der Waals surface area contributed by atoms with Crippen molar-refractivity contribution in [3.8, 4) is 5.75 Å². The Morgan fingerprint density at radius 1 is 1.15 bits per heavy atom. The van der Waals surface area contributed by atoms with Gasteiger partial charge in [0.1, 0.15) is 12.3 Å². The molecule has 3 saturated heterocycles. The van der Waals surface area contributed by atoms with Gasteiger partial charge in [-0.3, -0.25) is 0 Å². The van der Waals surface area contributed by atoms with Crippen LogP contribution in [0.4, 0.5) is 0 Å². The second-order valence-electron chi connectivity index (χ2n) is 10.7. The maximum atomic E-state index is 13.6. The van der Waals surface area contributed by atoms with Gasteiger partial charge in [0.25, 0.3) is 0 Å². The van der Waals surface area contributed by atoms with Crippen molar-refractivity contribution in [1.82, 2.24) is 0 Å². The smallest absolute Gasteiger partial charge is 0.344 e. The summed E-state index contributed by atoms with van der Waals surface area (Å²) in [5, 5.41) is 13.7. The molecule has 5 nitrogen and oxygen atoms in total. The maximum absolute atomic E-state index is 13.6. The lowest BCUT2D eigenvalue weighted by molar-refractivity contribution is -0.946. The summed E-state index contributed by atoms with van der Waals surface area (Å²) < 4.78 is 13.2. The normalized spacial score (nSPS) is 28.5. The maximum Gasteiger partial charge on any atom is 0.344 e. The Kier molecular flexibility index (Phi) is 7.01. The number of rotatable bonds is 9. The third-order valence-electron chi connectivity index (χ3n) is 8.49. The number of quaternary nitrogens is 1. The van der Waals surface area contributed by atoms with Crippen LogP contribution in [0.2, 0.25) is 0 Å². The summed E-state index contributed by atoms with van der Waals surface area (Å²) in [5.74, 6) is 0.899. The number of aliphatic hydroxyl groups is 1. The first kappa shape index (κ1) is 23.8. The van der Waals surface area contributed by atoms with E-state index in [1.165, 1.54) is 16.9 Å². The van der Waals surface area contributed by atoms with Crippen LogP contribution in [0.5, 0.6) is 5.75 Å². The zero-order chi connectivity index (χ0) is 23.6. The lowest BCUT2D eigenvalue weighted by Crippen LogP contribution is -2.65. The topological polar surface area (TPSA) is 55.8 Å². The Morgan fingerprint density at radius 2 is 1.94 bits per heavy atom. The number of piperidine rings is 3. The summed E-state index contributed by atoms with van der Waals surface area (Å²) in [6, 6.07) is 12.0. The Bertz CT molecular complexity index is 963. The molecule has 0 spiro atoms. The van der Waals surface area contributed by atoms with Gasteiger partial charge in [-0.05, 0) is 48.9 Å². The highest BCUT2D eigenvalue weighted by Gasteiger charge is 2.53. The van der Waals surface area contributed by atoms with Crippen molar-refractivity contribution < 1.29 is 23.9 Å². The number of nitrogens with zero attached hydrogens (tertiary/aromatic N) is 1. The fraction of sp³-hybridized carbons (Fsp3) is 0.607. The molecule has 184 valence electrons. The number of hydrogen-bond donors (Lipinski definition) is 1. The zero-order valence-corrected chi connectivity index (χ0v) is 21.1. The number of hydrogen-bond acceptors (Lipinski definition) is 5. The molecule has 4 aliphatic rings. The average Bonchev–Trinajstić information content (AvgIpc) is 3.57. The van der Waals surface area contributed by atoms with E-state index in [-0.39, 0.29) is 12.0 Å². The molecule has 1 N–H and O–H groups in total.